The summed E-state index contributed by atoms with van der Waals surface area (Å²) in [5.74, 6) is -0.806. The summed E-state index contributed by atoms with van der Waals surface area (Å²) in [6.07, 6.45) is 3.68. The third-order valence-electron chi connectivity index (χ3n) is 4.81. The van der Waals surface area contributed by atoms with Gasteiger partial charge in [-0.15, -0.1) is 0 Å². The molecule has 0 radical (unpaired) electrons. The zero-order valence-corrected chi connectivity index (χ0v) is 17.2. The number of nitrogens with zero attached hydrogens (tertiary/aromatic N) is 1. The second-order valence-electron chi connectivity index (χ2n) is 7.07. The number of rotatable bonds is 4. The maximum Gasteiger partial charge on any atom is 0.337 e. The Balaban J connectivity index is 1.84. The fourth-order valence-corrected chi connectivity index (χ4v) is 3.28. The van der Waals surface area contributed by atoms with Crippen LogP contribution in [0.2, 0.25) is 0 Å². The number of likely N-dealkylation sites (N-methyl/N-ethyl adjacent to an activating group) is 1. The van der Waals surface area contributed by atoms with Crippen molar-refractivity contribution in [2.45, 2.75) is 0 Å². The zero-order valence-electron chi connectivity index (χ0n) is 17.2. The van der Waals surface area contributed by atoms with Crippen molar-refractivity contribution >= 4 is 29.9 Å². The number of ether oxygens (including phenoxy) is 2. The SMILES string of the molecule is COC(=O)c1ccc(/C=C2\CN(C)C/C(=C\c3ccc(C(=O)OC)cc3)C2=O)cc1. The first-order valence-electron chi connectivity index (χ1n) is 9.42. The van der Waals surface area contributed by atoms with E-state index in [1.807, 2.05) is 19.2 Å². The minimum absolute atomic E-state index is 0.0119. The van der Waals surface area contributed by atoms with E-state index in [9.17, 15) is 14.4 Å². The van der Waals surface area contributed by atoms with Crippen LogP contribution in [0.15, 0.2) is 59.7 Å². The van der Waals surface area contributed by atoms with Gasteiger partial charge >= 0.3 is 11.9 Å². The molecule has 1 aliphatic heterocycles. The normalized spacial score (nSPS) is 17.2. The zero-order chi connectivity index (χ0) is 21.7. The quantitative estimate of drug-likeness (QED) is 0.574. The van der Waals surface area contributed by atoms with Crippen LogP contribution >= 0.6 is 0 Å². The first kappa shape index (κ1) is 21.2. The Labute approximate surface area is 175 Å². The van der Waals surface area contributed by atoms with Crippen LogP contribution in [0.5, 0.6) is 0 Å². The lowest BCUT2D eigenvalue weighted by molar-refractivity contribution is -0.113. The van der Waals surface area contributed by atoms with Crippen molar-refractivity contribution in [1.82, 2.24) is 4.90 Å². The molecule has 1 heterocycles. The monoisotopic (exact) mass is 405 g/mol. The van der Waals surface area contributed by atoms with Gasteiger partial charge in [0.15, 0.2) is 5.78 Å². The Morgan fingerprint density at radius 1 is 0.767 bits per heavy atom. The smallest absolute Gasteiger partial charge is 0.337 e. The van der Waals surface area contributed by atoms with Gasteiger partial charge in [-0.05, 0) is 54.6 Å². The van der Waals surface area contributed by atoms with Crippen LogP contribution in [-0.2, 0) is 14.3 Å². The number of hydrogen-bond acceptors (Lipinski definition) is 6. The first-order valence-corrected chi connectivity index (χ1v) is 9.42. The molecule has 1 fully saturated rings. The molecule has 0 atom stereocenters. The van der Waals surface area contributed by atoms with Gasteiger partial charge < -0.3 is 9.47 Å². The van der Waals surface area contributed by atoms with Gasteiger partial charge in [-0.1, -0.05) is 24.3 Å². The average molecular weight is 405 g/mol. The van der Waals surface area contributed by atoms with Crippen LogP contribution in [0.3, 0.4) is 0 Å². The van der Waals surface area contributed by atoms with Crippen LogP contribution in [-0.4, -0.2) is 57.0 Å². The van der Waals surface area contributed by atoms with Crippen molar-refractivity contribution in [2.75, 3.05) is 34.4 Å². The van der Waals surface area contributed by atoms with Gasteiger partial charge in [-0.25, -0.2) is 9.59 Å². The Kier molecular flexibility index (Phi) is 6.59. The first-order chi connectivity index (χ1) is 14.4. The number of carbonyl (C=O) groups excluding carboxylic acids is 3. The van der Waals surface area contributed by atoms with E-state index in [0.29, 0.717) is 35.4 Å². The van der Waals surface area contributed by atoms with Gasteiger partial charge in [-0.2, -0.15) is 0 Å². The molecular formula is C24H23NO5. The molecule has 6 heteroatoms. The summed E-state index contributed by atoms with van der Waals surface area (Å²) < 4.78 is 9.41. The number of ketones is 1. The van der Waals surface area contributed by atoms with Crippen LogP contribution in [0, 0.1) is 0 Å². The lowest BCUT2D eigenvalue weighted by Gasteiger charge is -2.26. The number of likely N-dealkylation sites (tertiary alicyclic amines) is 1. The van der Waals surface area contributed by atoms with E-state index in [0.717, 1.165) is 11.1 Å². The highest BCUT2D eigenvalue weighted by molar-refractivity contribution is 6.14. The summed E-state index contributed by atoms with van der Waals surface area (Å²) in [5.41, 5.74) is 3.94. The molecule has 0 bridgehead atoms. The predicted molar refractivity (Wildman–Crippen MR) is 114 cm³/mol. The van der Waals surface area contributed by atoms with Gasteiger partial charge in [0.2, 0.25) is 0 Å². The van der Waals surface area contributed by atoms with Gasteiger partial charge in [0.1, 0.15) is 0 Å². The minimum atomic E-state index is -0.397. The lowest BCUT2D eigenvalue weighted by Crippen LogP contribution is -2.34. The van der Waals surface area contributed by atoms with Crippen LogP contribution in [0.25, 0.3) is 12.2 Å². The summed E-state index contributed by atoms with van der Waals surface area (Å²) in [4.78, 5) is 38.2. The summed E-state index contributed by atoms with van der Waals surface area (Å²) in [5, 5.41) is 0. The van der Waals surface area contributed by atoms with E-state index in [1.54, 1.807) is 48.5 Å². The van der Waals surface area contributed by atoms with Gasteiger partial charge in [-0.3, -0.25) is 9.69 Å². The molecule has 0 amide bonds. The molecule has 0 unspecified atom stereocenters. The maximum absolute atomic E-state index is 13.0. The Morgan fingerprint density at radius 2 is 1.13 bits per heavy atom. The van der Waals surface area contributed by atoms with Crippen molar-refractivity contribution < 1.29 is 23.9 Å². The van der Waals surface area contributed by atoms with Gasteiger partial charge in [0.05, 0.1) is 25.3 Å². The van der Waals surface area contributed by atoms with E-state index in [1.165, 1.54) is 14.2 Å². The number of carbonyl (C=O) groups is 3. The molecule has 0 aromatic heterocycles. The molecule has 30 heavy (non-hydrogen) atoms. The number of piperidine rings is 1. The second kappa shape index (κ2) is 9.33. The lowest BCUT2D eigenvalue weighted by atomic mass is 9.94. The maximum atomic E-state index is 13.0. The van der Waals surface area contributed by atoms with E-state index in [4.69, 9.17) is 9.47 Å². The average Bonchev–Trinajstić information content (AvgIpc) is 2.76. The summed E-state index contributed by atoms with van der Waals surface area (Å²) in [6.45, 7) is 1.08. The Bertz CT molecular complexity index is 935. The molecule has 0 aliphatic carbocycles. The molecular weight excluding hydrogens is 382 g/mol. The van der Waals surface area contributed by atoms with Gasteiger partial charge in [0, 0.05) is 24.2 Å². The minimum Gasteiger partial charge on any atom is -0.465 e. The van der Waals surface area contributed by atoms with Crippen LogP contribution in [0.1, 0.15) is 31.8 Å². The van der Waals surface area contributed by atoms with Crippen LogP contribution in [0.4, 0.5) is 0 Å². The molecule has 6 nitrogen and oxygen atoms in total. The molecule has 3 rings (SSSR count). The van der Waals surface area contributed by atoms with Crippen molar-refractivity contribution in [3.05, 3.63) is 81.9 Å². The number of esters is 2. The van der Waals surface area contributed by atoms with Crippen molar-refractivity contribution in [3.8, 4) is 0 Å². The van der Waals surface area contributed by atoms with Crippen LogP contribution < -0.4 is 0 Å². The Morgan fingerprint density at radius 3 is 1.47 bits per heavy atom. The summed E-state index contributed by atoms with van der Waals surface area (Å²) >= 11 is 0. The molecule has 1 aliphatic rings. The molecule has 1 saturated heterocycles. The molecule has 0 saturated carbocycles. The van der Waals surface area contributed by atoms with Crippen molar-refractivity contribution in [3.63, 3.8) is 0 Å². The summed E-state index contributed by atoms with van der Waals surface area (Å²) in [7, 11) is 4.63. The number of hydrogen-bond donors (Lipinski definition) is 0. The largest absolute Gasteiger partial charge is 0.465 e. The second-order valence-corrected chi connectivity index (χ2v) is 7.07. The highest BCUT2D eigenvalue weighted by atomic mass is 16.5. The summed E-state index contributed by atoms with van der Waals surface area (Å²) in [6, 6.07) is 13.9. The molecule has 2 aromatic rings. The number of Topliss-reactive ketones (excluding diaryl/α,β-unsaturated/α-hetero) is 1. The third kappa shape index (κ3) is 4.90. The Hall–Kier alpha value is -3.51. The van der Waals surface area contributed by atoms with Crippen molar-refractivity contribution in [1.29, 1.82) is 0 Å². The molecule has 154 valence electrons. The van der Waals surface area contributed by atoms with E-state index >= 15 is 0 Å². The van der Waals surface area contributed by atoms with E-state index < -0.39 is 11.9 Å². The fourth-order valence-electron chi connectivity index (χ4n) is 3.28. The molecule has 0 spiro atoms. The third-order valence-corrected chi connectivity index (χ3v) is 4.81. The van der Waals surface area contributed by atoms with E-state index in [2.05, 4.69) is 4.90 Å². The van der Waals surface area contributed by atoms with Crippen molar-refractivity contribution in [2.24, 2.45) is 0 Å². The highest BCUT2D eigenvalue weighted by Gasteiger charge is 2.24. The molecule has 2 aromatic carbocycles. The number of benzene rings is 2. The fraction of sp³-hybridized carbons (Fsp3) is 0.208. The highest BCUT2D eigenvalue weighted by Crippen LogP contribution is 2.22. The number of methoxy groups -OCH3 is 2. The van der Waals surface area contributed by atoms with Gasteiger partial charge in [0.25, 0.3) is 0 Å². The van der Waals surface area contributed by atoms with E-state index in [-0.39, 0.29) is 5.78 Å². The standard InChI is InChI=1S/C24H23NO5/c1-25-14-20(12-16-4-8-18(9-5-16)23(27)29-2)22(26)21(15-25)13-17-6-10-19(11-7-17)24(28)30-3/h4-13H,14-15H2,1-3H3/b20-12+,21-13+. The topological polar surface area (TPSA) is 72.9 Å². The molecule has 0 N–H and O–H groups in total. The predicted octanol–water partition coefficient (Wildman–Crippen LogP) is 3.24.